The number of rotatable bonds is 3. The Kier molecular flexibility index (Phi) is 4.77. The molecule has 0 aliphatic carbocycles. The number of hydrogen-bond donors (Lipinski definition) is 1. The van der Waals surface area contributed by atoms with Gasteiger partial charge in [-0.1, -0.05) is 20.8 Å². The maximum absolute atomic E-state index is 10.9. The van der Waals surface area contributed by atoms with Crippen LogP contribution in [0.4, 0.5) is 4.79 Å². The Balaban J connectivity index is 3.79. The number of ether oxygens (including phenoxy) is 2. The Morgan fingerprint density at radius 3 is 2.38 bits per heavy atom. The van der Waals surface area contributed by atoms with Crippen LogP contribution in [0.2, 0.25) is 0 Å². The molecule has 0 amide bonds. The second-order valence-electron chi connectivity index (χ2n) is 3.95. The van der Waals surface area contributed by atoms with Gasteiger partial charge < -0.3 is 14.6 Å². The van der Waals surface area contributed by atoms with Gasteiger partial charge in [-0.15, -0.1) is 0 Å². The number of hydrogen-bond acceptors (Lipinski definition) is 4. The lowest BCUT2D eigenvalue weighted by molar-refractivity contribution is -0.0134. The van der Waals surface area contributed by atoms with E-state index in [1.165, 1.54) is 0 Å². The van der Waals surface area contributed by atoms with Crippen molar-refractivity contribution >= 4 is 6.16 Å². The average molecular weight is 190 g/mol. The molecule has 0 aliphatic rings. The van der Waals surface area contributed by atoms with Crippen molar-refractivity contribution in [2.75, 3.05) is 13.2 Å². The normalized spacial score (nSPS) is 13.6. The summed E-state index contributed by atoms with van der Waals surface area (Å²) in [6, 6.07) is 0. The second kappa shape index (κ2) is 5.07. The molecule has 0 fully saturated rings. The molecule has 0 radical (unpaired) electrons. The third-order valence-corrected chi connectivity index (χ3v) is 1.80. The minimum atomic E-state index is -0.725. The van der Waals surface area contributed by atoms with Crippen LogP contribution in [-0.4, -0.2) is 30.6 Å². The van der Waals surface area contributed by atoms with Gasteiger partial charge in [0.2, 0.25) is 0 Å². The summed E-state index contributed by atoms with van der Waals surface area (Å²) >= 11 is 0. The predicted octanol–water partition coefficient (Wildman–Crippen LogP) is 1.57. The number of aliphatic hydroxyl groups is 1. The highest BCUT2D eigenvalue weighted by molar-refractivity contribution is 5.60. The van der Waals surface area contributed by atoms with Gasteiger partial charge in [-0.25, -0.2) is 4.79 Å². The third-order valence-electron chi connectivity index (χ3n) is 1.80. The first-order valence-corrected chi connectivity index (χ1v) is 4.32. The van der Waals surface area contributed by atoms with Crippen molar-refractivity contribution in [2.24, 2.45) is 5.41 Å². The Labute approximate surface area is 78.8 Å². The zero-order valence-electron chi connectivity index (χ0n) is 8.66. The molecule has 0 aromatic carbocycles. The van der Waals surface area contributed by atoms with Crippen LogP contribution in [0.1, 0.15) is 27.7 Å². The first-order valence-electron chi connectivity index (χ1n) is 4.32. The van der Waals surface area contributed by atoms with Crippen LogP contribution >= 0.6 is 0 Å². The lowest BCUT2D eigenvalue weighted by Gasteiger charge is -2.26. The van der Waals surface area contributed by atoms with Gasteiger partial charge in [-0.2, -0.15) is 0 Å². The van der Waals surface area contributed by atoms with Gasteiger partial charge in [-0.3, -0.25) is 0 Å². The molecular weight excluding hydrogens is 172 g/mol. The monoisotopic (exact) mass is 190 g/mol. The molecule has 78 valence electrons. The van der Waals surface area contributed by atoms with Gasteiger partial charge in [0.1, 0.15) is 12.7 Å². The number of carbonyl (C=O) groups excluding carboxylic acids is 1. The molecular formula is C9H18O4. The lowest BCUT2D eigenvalue weighted by atomic mass is 9.90. The van der Waals surface area contributed by atoms with Crippen molar-refractivity contribution in [2.45, 2.75) is 33.8 Å². The van der Waals surface area contributed by atoms with Gasteiger partial charge in [0, 0.05) is 0 Å². The van der Waals surface area contributed by atoms with E-state index in [4.69, 9.17) is 9.84 Å². The Morgan fingerprint density at radius 1 is 1.46 bits per heavy atom. The van der Waals surface area contributed by atoms with Crippen molar-refractivity contribution in [3.63, 3.8) is 0 Å². The summed E-state index contributed by atoms with van der Waals surface area (Å²) < 4.78 is 9.49. The van der Waals surface area contributed by atoms with Gasteiger partial charge in [0.05, 0.1) is 6.61 Å². The smallest absolute Gasteiger partial charge is 0.432 e. The molecule has 1 atom stereocenters. The molecule has 0 aromatic rings. The molecule has 0 saturated carbocycles. The van der Waals surface area contributed by atoms with Crippen LogP contribution in [-0.2, 0) is 9.47 Å². The first-order chi connectivity index (χ1) is 5.88. The minimum Gasteiger partial charge on any atom is -0.432 e. The highest BCUT2D eigenvalue weighted by Crippen LogP contribution is 2.21. The molecule has 0 rings (SSSR count). The van der Waals surface area contributed by atoms with E-state index in [-0.39, 0.29) is 24.7 Å². The molecule has 13 heavy (non-hydrogen) atoms. The molecule has 0 unspecified atom stereocenters. The summed E-state index contributed by atoms with van der Waals surface area (Å²) in [6.07, 6.45) is -0.935. The molecule has 0 spiro atoms. The van der Waals surface area contributed by atoms with E-state index in [0.717, 1.165) is 0 Å². The second-order valence-corrected chi connectivity index (χ2v) is 3.95. The Hall–Kier alpha value is -0.770. The first kappa shape index (κ1) is 12.2. The van der Waals surface area contributed by atoms with E-state index in [1.807, 2.05) is 20.8 Å². The maximum atomic E-state index is 10.9. The summed E-state index contributed by atoms with van der Waals surface area (Å²) in [5.74, 6) is 0. The molecule has 4 nitrogen and oxygen atoms in total. The zero-order valence-corrected chi connectivity index (χ0v) is 8.66. The molecule has 0 aliphatic heterocycles. The lowest BCUT2D eigenvalue weighted by Crippen LogP contribution is -2.29. The van der Waals surface area contributed by atoms with Crippen LogP contribution < -0.4 is 0 Å². The molecule has 1 N–H and O–H groups in total. The summed E-state index contributed by atoms with van der Waals surface area (Å²) in [7, 11) is 0. The van der Waals surface area contributed by atoms with Crippen molar-refractivity contribution in [3.8, 4) is 0 Å². The van der Waals surface area contributed by atoms with Crippen LogP contribution in [0.5, 0.6) is 0 Å². The highest BCUT2D eigenvalue weighted by Gasteiger charge is 2.24. The van der Waals surface area contributed by atoms with Crippen LogP contribution in [0.3, 0.4) is 0 Å². The molecule has 4 heteroatoms. The minimum absolute atomic E-state index is 0.0182. The molecule has 0 heterocycles. The van der Waals surface area contributed by atoms with E-state index < -0.39 is 6.16 Å². The predicted molar refractivity (Wildman–Crippen MR) is 48.4 cm³/mol. The van der Waals surface area contributed by atoms with Gasteiger partial charge in [0.25, 0.3) is 0 Å². The molecule has 0 saturated heterocycles. The zero-order chi connectivity index (χ0) is 10.5. The van der Waals surface area contributed by atoms with E-state index in [9.17, 15) is 4.79 Å². The van der Waals surface area contributed by atoms with E-state index in [1.54, 1.807) is 6.92 Å². The average Bonchev–Trinajstić information content (AvgIpc) is 1.99. The van der Waals surface area contributed by atoms with Crippen LogP contribution in [0.25, 0.3) is 0 Å². The fourth-order valence-corrected chi connectivity index (χ4v) is 0.484. The summed E-state index contributed by atoms with van der Waals surface area (Å²) in [6.45, 7) is 7.51. The fourth-order valence-electron chi connectivity index (χ4n) is 0.484. The summed E-state index contributed by atoms with van der Waals surface area (Å²) in [5.41, 5.74) is -0.0990. The quantitative estimate of drug-likeness (QED) is 0.686. The van der Waals surface area contributed by atoms with Crippen LogP contribution in [0.15, 0.2) is 0 Å². The van der Waals surface area contributed by atoms with Crippen molar-refractivity contribution in [1.29, 1.82) is 0 Å². The topological polar surface area (TPSA) is 55.8 Å². The van der Waals surface area contributed by atoms with Crippen LogP contribution in [0, 0.1) is 5.41 Å². The van der Waals surface area contributed by atoms with Gasteiger partial charge in [0.15, 0.2) is 0 Å². The van der Waals surface area contributed by atoms with E-state index in [0.29, 0.717) is 0 Å². The number of carbonyl (C=O) groups is 1. The molecule has 0 bridgehead atoms. The molecule has 0 aromatic heterocycles. The van der Waals surface area contributed by atoms with E-state index in [2.05, 4.69) is 4.74 Å². The Morgan fingerprint density at radius 2 is 2.00 bits per heavy atom. The third kappa shape index (κ3) is 5.47. The highest BCUT2D eigenvalue weighted by atomic mass is 16.7. The van der Waals surface area contributed by atoms with Crippen molar-refractivity contribution in [3.05, 3.63) is 0 Å². The Bertz CT molecular complexity index is 159. The standard InChI is InChI=1S/C9H18O4/c1-7(9(2,3)4)13-8(11)12-6-5-10/h7,10H,5-6H2,1-4H3/t7-/m1/s1. The maximum Gasteiger partial charge on any atom is 0.508 e. The summed E-state index contributed by atoms with van der Waals surface area (Å²) in [5, 5.41) is 8.38. The van der Waals surface area contributed by atoms with Crippen molar-refractivity contribution < 1.29 is 19.4 Å². The fraction of sp³-hybridized carbons (Fsp3) is 0.889. The number of aliphatic hydroxyl groups excluding tert-OH is 1. The van der Waals surface area contributed by atoms with Crippen molar-refractivity contribution in [1.82, 2.24) is 0 Å². The van der Waals surface area contributed by atoms with E-state index >= 15 is 0 Å². The largest absolute Gasteiger partial charge is 0.508 e. The van der Waals surface area contributed by atoms with Gasteiger partial charge in [-0.05, 0) is 12.3 Å². The SMILES string of the molecule is C[C@@H](OC(=O)OCCO)C(C)(C)C. The summed E-state index contributed by atoms with van der Waals surface area (Å²) in [4.78, 5) is 10.9. The van der Waals surface area contributed by atoms with Gasteiger partial charge >= 0.3 is 6.16 Å².